The van der Waals surface area contributed by atoms with Gasteiger partial charge in [-0.1, -0.05) is 20.8 Å². The van der Waals surface area contributed by atoms with Crippen LogP contribution in [0.1, 0.15) is 20.8 Å². The molecule has 20 heavy (non-hydrogen) atoms. The Kier molecular flexibility index (Phi) is 3.34. The number of thioether (sulfide) groups is 1. The van der Waals surface area contributed by atoms with E-state index in [0.717, 1.165) is 29.9 Å². The smallest absolute Gasteiger partial charge is 0.147 e. The Labute approximate surface area is 123 Å². The number of nitrogens with zero attached hydrogens (tertiary/aromatic N) is 3. The van der Waals surface area contributed by atoms with Crippen molar-refractivity contribution in [2.45, 2.75) is 36.5 Å². The van der Waals surface area contributed by atoms with Crippen molar-refractivity contribution >= 4 is 28.6 Å². The van der Waals surface area contributed by atoms with Gasteiger partial charge in [-0.3, -0.25) is 4.98 Å². The van der Waals surface area contributed by atoms with Crippen LogP contribution in [-0.2, 0) is 0 Å². The van der Waals surface area contributed by atoms with Crippen molar-refractivity contribution in [3.8, 4) is 0 Å². The zero-order chi connectivity index (χ0) is 14.3. The summed E-state index contributed by atoms with van der Waals surface area (Å²) in [5.41, 5.74) is 7.70. The molecule has 0 spiro atoms. The average Bonchev–Trinajstić information content (AvgIpc) is 2.32. The maximum absolute atomic E-state index is 5.80. The van der Waals surface area contributed by atoms with E-state index in [9.17, 15) is 0 Å². The molecule has 0 unspecified atom stereocenters. The van der Waals surface area contributed by atoms with Gasteiger partial charge in [0.2, 0.25) is 0 Å². The molecule has 0 radical (unpaired) electrons. The number of rotatable bonds is 2. The van der Waals surface area contributed by atoms with Crippen LogP contribution >= 0.6 is 11.8 Å². The molecule has 0 saturated carbocycles. The van der Waals surface area contributed by atoms with E-state index in [-0.39, 0.29) is 10.8 Å². The topological polar surface area (TPSA) is 55.0 Å². The highest BCUT2D eigenvalue weighted by Crippen LogP contribution is 2.33. The third-order valence-electron chi connectivity index (χ3n) is 3.16. The number of nitrogens with two attached hydrogens (primary N) is 1. The Bertz CT molecular complexity index is 629. The fourth-order valence-corrected chi connectivity index (χ4v) is 3.26. The van der Waals surface area contributed by atoms with E-state index in [0.29, 0.717) is 0 Å². The zero-order valence-electron chi connectivity index (χ0n) is 12.1. The van der Waals surface area contributed by atoms with Gasteiger partial charge in [0.15, 0.2) is 0 Å². The fraction of sp³-hybridized carbons (Fsp3) is 0.467. The number of hydrogen-bond donors (Lipinski definition) is 1. The summed E-state index contributed by atoms with van der Waals surface area (Å²) in [5.74, 6) is 0.926. The van der Waals surface area contributed by atoms with E-state index < -0.39 is 0 Å². The van der Waals surface area contributed by atoms with Crippen LogP contribution < -0.4 is 10.6 Å². The number of hydrogen-bond acceptors (Lipinski definition) is 5. The summed E-state index contributed by atoms with van der Waals surface area (Å²) in [4.78, 5) is 12.6. The Morgan fingerprint density at radius 2 is 2.00 bits per heavy atom. The van der Waals surface area contributed by atoms with Gasteiger partial charge in [-0.2, -0.15) is 0 Å². The largest absolute Gasteiger partial charge is 0.352 e. The monoisotopic (exact) mass is 288 g/mol. The predicted molar refractivity (Wildman–Crippen MR) is 85.3 cm³/mol. The zero-order valence-corrected chi connectivity index (χ0v) is 12.9. The first-order chi connectivity index (χ1) is 9.40. The average molecular weight is 288 g/mol. The summed E-state index contributed by atoms with van der Waals surface area (Å²) >= 11 is 1.85. The Balaban J connectivity index is 1.87. The molecule has 1 aliphatic heterocycles. The van der Waals surface area contributed by atoms with Crippen LogP contribution in [0.15, 0.2) is 29.3 Å². The molecule has 1 aliphatic rings. The predicted octanol–water partition coefficient (Wildman–Crippen LogP) is 2.67. The van der Waals surface area contributed by atoms with Crippen molar-refractivity contribution in [2.24, 2.45) is 5.73 Å². The first-order valence-corrected chi connectivity index (χ1v) is 7.69. The Morgan fingerprint density at radius 1 is 1.25 bits per heavy atom. The molecule has 106 valence electrons. The van der Waals surface area contributed by atoms with Gasteiger partial charge in [-0.25, -0.2) is 4.98 Å². The molecule has 3 rings (SSSR count). The fourth-order valence-electron chi connectivity index (χ4n) is 2.25. The first-order valence-electron chi connectivity index (χ1n) is 6.87. The van der Waals surface area contributed by atoms with Crippen LogP contribution in [0.5, 0.6) is 0 Å². The van der Waals surface area contributed by atoms with Crippen molar-refractivity contribution in [2.75, 3.05) is 18.0 Å². The van der Waals surface area contributed by atoms with E-state index in [1.165, 1.54) is 4.90 Å². The molecule has 2 N–H and O–H groups in total. The van der Waals surface area contributed by atoms with Gasteiger partial charge in [0.05, 0.1) is 17.2 Å². The number of aromatic nitrogens is 2. The second-order valence-electron chi connectivity index (χ2n) is 6.26. The molecule has 1 fully saturated rings. The second-order valence-corrected chi connectivity index (χ2v) is 8.16. The van der Waals surface area contributed by atoms with Gasteiger partial charge < -0.3 is 10.6 Å². The molecule has 0 amide bonds. The minimum atomic E-state index is 0.203. The van der Waals surface area contributed by atoms with Crippen LogP contribution in [0.25, 0.3) is 11.0 Å². The Hall–Kier alpha value is -1.33. The minimum Gasteiger partial charge on any atom is -0.352 e. The SMILES string of the molecule is CC(C)(C)Sc1ccc2nc(N3CC(N)C3)cnc2c1. The van der Waals surface area contributed by atoms with Gasteiger partial charge in [0.1, 0.15) is 5.82 Å². The third kappa shape index (κ3) is 2.88. The highest BCUT2D eigenvalue weighted by molar-refractivity contribution is 8.00. The number of anilines is 1. The summed E-state index contributed by atoms with van der Waals surface area (Å²) in [7, 11) is 0. The van der Waals surface area contributed by atoms with Crippen molar-refractivity contribution in [1.29, 1.82) is 0 Å². The lowest BCUT2D eigenvalue weighted by atomic mass is 10.1. The van der Waals surface area contributed by atoms with Crippen molar-refractivity contribution in [3.63, 3.8) is 0 Å². The number of benzene rings is 1. The molecular formula is C15H20N4S. The van der Waals surface area contributed by atoms with Crippen LogP contribution in [0.3, 0.4) is 0 Å². The molecule has 5 heteroatoms. The van der Waals surface area contributed by atoms with E-state index in [1.807, 2.05) is 18.0 Å². The molecule has 0 aliphatic carbocycles. The lowest BCUT2D eigenvalue weighted by Gasteiger charge is -2.37. The van der Waals surface area contributed by atoms with Crippen LogP contribution in [0.2, 0.25) is 0 Å². The Morgan fingerprint density at radius 3 is 2.65 bits per heavy atom. The molecule has 0 atom stereocenters. The van der Waals surface area contributed by atoms with Crippen molar-refractivity contribution in [1.82, 2.24) is 9.97 Å². The molecular weight excluding hydrogens is 268 g/mol. The lowest BCUT2D eigenvalue weighted by Crippen LogP contribution is -2.56. The molecule has 0 bridgehead atoms. The van der Waals surface area contributed by atoms with Crippen LogP contribution in [-0.4, -0.2) is 33.8 Å². The summed E-state index contributed by atoms with van der Waals surface area (Å²) in [6, 6.07) is 6.57. The van der Waals surface area contributed by atoms with Gasteiger partial charge in [0, 0.05) is 28.8 Å². The minimum absolute atomic E-state index is 0.203. The second kappa shape index (κ2) is 4.90. The molecule has 2 heterocycles. The standard InChI is InChI=1S/C15H20N4S/c1-15(2,3)20-11-4-5-12-13(6-11)17-7-14(18-12)19-8-10(16)9-19/h4-7,10H,8-9,16H2,1-3H3. The van der Waals surface area contributed by atoms with E-state index in [1.54, 1.807) is 0 Å². The highest BCUT2D eigenvalue weighted by atomic mass is 32.2. The van der Waals surface area contributed by atoms with Crippen molar-refractivity contribution in [3.05, 3.63) is 24.4 Å². The molecule has 1 saturated heterocycles. The molecule has 2 aromatic rings. The van der Waals surface area contributed by atoms with Gasteiger partial charge >= 0.3 is 0 Å². The summed E-state index contributed by atoms with van der Waals surface area (Å²) < 4.78 is 0.203. The van der Waals surface area contributed by atoms with Gasteiger partial charge in [-0.05, 0) is 18.2 Å². The highest BCUT2D eigenvalue weighted by Gasteiger charge is 2.24. The summed E-state index contributed by atoms with van der Waals surface area (Å²) in [6.45, 7) is 8.38. The molecule has 1 aromatic carbocycles. The van der Waals surface area contributed by atoms with Gasteiger partial charge in [-0.15, -0.1) is 11.8 Å². The first kappa shape index (κ1) is 13.6. The summed E-state index contributed by atoms with van der Waals surface area (Å²) in [6.07, 6.45) is 1.85. The maximum atomic E-state index is 5.80. The van der Waals surface area contributed by atoms with E-state index >= 15 is 0 Å². The maximum Gasteiger partial charge on any atom is 0.147 e. The third-order valence-corrected chi connectivity index (χ3v) is 4.26. The van der Waals surface area contributed by atoms with E-state index in [4.69, 9.17) is 5.73 Å². The normalized spacial score (nSPS) is 16.5. The van der Waals surface area contributed by atoms with E-state index in [2.05, 4.69) is 53.8 Å². The lowest BCUT2D eigenvalue weighted by molar-refractivity contribution is 0.514. The molecule has 4 nitrogen and oxygen atoms in total. The number of fused-ring (bicyclic) bond motifs is 1. The summed E-state index contributed by atoms with van der Waals surface area (Å²) in [5, 5.41) is 0. The van der Waals surface area contributed by atoms with Crippen LogP contribution in [0, 0.1) is 0 Å². The van der Waals surface area contributed by atoms with Crippen LogP contribution in [0.4, 0.5) is 5.82 Å². The van der Waals surface area contributed by atoms with Gasteiger partial charge in [0.25, 0.3) is 0 Å². The molecule has 1 aromatic heterocycles. The van der Waals surface area contributed by atoms with Crippen molar-refractivity contribution < 1.29 is 0 Å². The quantitative estimate of drug-likeness (QED) is 0.861.